The van der Waals surface area contributed by atoms with Crippen LogP contribution in [-0.4, -0.2) is 11.7 Å². The molecule has 1 atom stereocenters. The molecule has 6 heteroatoms. The SMILES string of the molecule is O=C1CS[C@H](c2ccc(OCc3ccccc3)cc2)N1c1ccc(F)cc1F. The summed E-state index contributed by atoms with van der Waals surface area (Å²) in [5, 5.41) is -0.365. The average Bonchev–Trinajstić information content (AvgIpc) is 3.09. The van der Waals surface area contributed by atoms with Crippen LogP contribution in [0, 0.1) is 11.6 Å². The number of amides is 1. The van der Waals surface area contributed by atoms with Crippen molar-refractivity contribution in [3.8, 4) is 5.75 Å². The molecule has 1 aliphatic rings. The van der Waals surface area contributed by atoms with Crippen LogP contribution in [0.1, 0.15) is 16.5 Å². The van der Waals surface area contributed by atoms with Crippen molar-refractivity contribution >= 4 is 23.4 Å². The monoisotopic (exact) mass is 397 g/mol. The fraction of sp³-hybridized carbons (Fsp3) is 0.136. The lowest BCUT2D eigenvalue weighted by atomic mass is 10.1. The summed E-state index contributed by atoms with van der Waals surface area (Å²) in [5.74, 6) is -0.666. The summed E-state index contributed by atoms with van der Waals surface area (Å²) >= 11 is 1.41. The third kappa shape index (κ3) is 3.87. The van der Waals surface area contributed by atoms with E-state index in [2.05, 4.69) is 0 Å². The van der Waals surface area contributed by atoms with E-state index in [0.29, 0.717) is 12.4 Å². The maximum Gasteiger partial charge on any atom is 0.238 e. The highest BCUT2D eigenvalue weighted by atomic mass is 32.2. The topological polar surface area (TPSA) is 29.5 Å². The van der Waals surface area contributed by atoms with Crippen molar-refractivity contribution in [3.63, 3.8) is 0 Å². The number of ether oxygens (including phenoxy) is 1. The highest BCUT2D eigenvalue weighted by Crippen LogP contribution is 2.42. The van der Waals surface area contributed by atoms with E-state index in [-0.39, 0.29) is 22.7 Å². The molecule has 4 rings (SSSR count). The number of carbonyl (C=O) groups is 1. The Morgan fingerprint density at radius 3 is 2.46 bits per heavy atom. The standard InChI is InChI=1S/C22H17F2NO2S/c23-17-8-11-20(19(24)12-17)25-21(26)14-28-22(25)16-6-9-18(10-7-16)27-13-15-4-2-1-3-5-15/h1-12,22H,13-14H2/t22-/m1/s1. The fourth-order valence-corrected chi connectivity index (χ4v) is 4.25. The molecule has 142 valence electrons. The first-order valence-electron chi connectivity index (χ1n) is 8.77. The molecule has 28 heavy (non-hydrogen) atoms. The molecule has 3 aromatic carbocycles. The van der Waals surface area contributed by atoms with Crippen LogP contribution in [0.2, 0.25) is 0 Å². The maximum atomic E-state index is 14.2. The van der Waals surface area contributed by atoms with E-state index in [1.165, 1.54) is 22.7 Å². The molecule has 3 aromatic rings. The fourth-order valence-electron chi connectivity index (χ4n) is 3.08. The largest absolute Gasteiger partial charge is 0.489 e. The Kier molecular flexibility index (Phi) is 5.30. The van der Waals surface area contributed by atoms with Crippen molar-refractivity contribution in [1.29, 1.82) is 0 Å². The molecule has 0 N–H and O–H groups in total. The zero-order chi connectivity index (χ0) is 19.5. The van der Waals surface area contributed by atoms with Crippen molar-refractivity contribution in [2.24, 2.45) is 0 Å². The van der Waals surface area contributed by atoms with Gasteiger partial charge < -0.3 is 4.74 Å². The lowest BCUT2D eigenvalue weighted by molar-refractivity contribution is -0.115. The number of benzene rings is 3. The first-order valence-corrected chi connectivity index (χ1v) is 9.82. The lowest BCUT2D eigenvalue weighted by Gasteiger charge is -2.25. The predicted molar refractivity (Wildman–Crippen MR) is 106 cm³/mol. The smallest absolute Gasteiger partial charge is 0.238 e. The van der Waals surface area contributed by atoms with Crippen molar-refractivity contribution in [1.82, 2.24) is 0 Å². The quantitative estimate of drug-likeness (QED) is 0.583. The van der Waals surface area contributed by atoms with Gasteiger partial charge in [0.1, 0.15) is 29.4 Å². The van der Waals surface area contributed by atoms with Gasteiger partial charge in [0.05, 0.1) is 11.4 Å². The number of rotatable bonds is 5. The Balaban J connectivity index is 1.52. The van der Waals surface area contributed by atoms with Gasteiger partial charge in [-0.1, -0.05) is 42.5 Å². The third-order valence-corrected chi connectivity index (χ3v) is 5.66. The van der Waals surface area contributed by atoms with Crippen LogP contribution < -0.4 is 9.64 Å². The molecule has 0 radical (unpaired) electrons. The first kappa shape index (κ1) is 18.5. The molecule has 0 saturated carbocycles. The number of carbonyl (C=O) groups excluding carboxylic acids is 1. The van der Waals surface area contributed by atoms with Gasteiger partial charge in [-0.05, 0) is 35.4 Å². The second-order valence-electron chi connectivity index (χ2n) is 6.37. The zero-order valence-electron chi connectivity index (χ0n) is 14.8. The number of nitrogens with zero attached hydrogens (tertiary/aromatic N) is 1. The van der Waals surface area contributed by atoms with Crippen LogP contribution in [0.4, 0.5) is 14.5 Å². The summed E-state index contributed by atoms with van der Waals surface area (Å²) in [6.45, 7) is 0.462. The maximum absolute atomic E-state index is 14.2. The molecule has 0 aromatic heterocycles. The Morgan fingerprint density at radius 2 is 1.75 bits per heavy atom. The van der Waals surface area contributed by atoms with E-state index in [1.54, 1.807) is 0 Å². The molecule has 0 bridgehead atoms. The summed E-state index contributed by atoms with van der Waals surface area (Å²) in [7, 11) is 0. The number of hydrogen-bond acceptors (Lipinski definition) is 3. The van der Waals surface area contributed by atoms with Crippen molar-refractivity contribution in [2.75, 3.05) is 10.7 Å². The number of hydrogen-bond donors (Lipinski definition) is 0. The molecule has 1 aliphatic heterocycles. The first-order chi connectivity index (χ1) is 13.6. The summed E-state index contributed by atoms with van der Waals surface area (Å²) in [6, 6.07) is 20.5. The van der Waals surface area contributed by atoms with Crippen LogP contribution in [-0.2, 0) is 11.4 Å². The summed E-state index contributed by atoms with van der Waals surface area (Å²) < 4.78 is 33.2. The Morgan fingerprint density at radius 1 is 1.00 bits per heavy atom. The van der Waals surface area contributed by atoms with Crippen LogP contribution in [0.3, 0.4) is 0 Å². The molecule has 1 fully saturated rings. The Labute approximate surface area is 165 Å². The van der Waals surface area contributed by atoms with Gasteiger partial charge in [-0.3, -0.25) is 9.69 Å². The molecule has 0 unspecified atom stereocenters. The highest BCUT2D eigenvalue weighted by molar-refractivity contribution is 8.00. The van der Waals surface area contributed by atoms with E-state index in [4.69, 9.17) is 4.74 Å². The highest BCUT2D eigenvalue weighted by Gasteiger charge is 2.35. The van der Waals surface area contributed by atoms with Gasteiger partial charge in [-0.25, -0.2) is 8.78 Å². The summed E-state index contributed by atoms with van der Waals surface area (Å²) in [5.41, 5.74) is 2.01. The van der Waals surface area contributed by atoms with Crippen molar-refractivity contribution in [3.05, 3.63) is 95.6 Å². The van der Waals surface area contributed by atoms with Gasteiger partial charge in [0.2, 0.25) is 5.91 Å². The van der Waals surface area contributed by atoms with Gasteiger partial charge in [0.15, 0.2) is 0 Å². The molecular formula is C22H17F2NO2S. The second kappa shape index (κ2) is 8.02. The average molecular weight is 397 g/mol. The number of thioether (sulfide) groups is 1. The second-order valence-corrected chi connectivity index (χ2v) is 7.43. The summed E-state index contributed by atoms with van der Waals surface area (Å²) in [6.07, 6.45) is 0. The molecule has 1 saturated heterocycles. The lowest BCUT2D eigenvalue weighted by Crippen LogP contribution is -2.28. The molecule has 0 aliphatic carbocycles. The van der Waals surface area contributed by atoms with E-state index < -0.39 is 11.6 Å². The normalized spacial score (nSPS) is 16.4. The Hall–Kier alpha value is -2.86. The molecule has 3 nitrogen and oxygen atoms in total. The van der Waals surface area contributed by atoms with Gasteiger partial charge in [-0.2, -0.15) is 0 Å². The van der Waals surface area contributed by atoms with Crippen LogP contribution in [0.15, 0.2) is 72.8 Å². The van der Waals surface area contributed by atoms with E-state index in [0.717, 1.165) is 23.3 Å². The van der Waals surface area contributed by atoms with Crippen LogP contribution in [0.25, 0.3) is 0 Å². The van der Waals surface area contributed by atoms with Crippen molar-refractivity contribution < 1.29 is 18.3 Å². The molecule has 0 spiro atoms. The minimum absolute atomic E-state index is 0.0887. The minimum Gasteiger partial charge on any atom is -0.489 e. The zero-order valence-corrected chi connectivity index (χ0v) is 15.7. The van der Waals surface area contributed by atoms with Gasteiger partial charge >= 0.3 is 0 Å². The summed E-state index contributed by atoms with van der Waals surface area (Å²) in [4.78, 5) is 13.7. The van der Waals surface area contributed by atoms with Gasteiger partial charge in [0, 0.05) is 6.07 Å². The molecule has 1 amide bonds. The molecular weight excluding hydrogens is 380 g/mol. The molecule has 1 heterocycles. The van der Waals surface area contributed by atoms with Gasteiger partial charge in [0.25, 0.3) is 0 Å². The third-order valence-electron chi connectivity index (χ3n) is 4.45. The van der Waals surface area contributed by atoms with E-state index >= 15 is 0 Å². The number of halogens is 2. The van der Waals surface area contributed by atoms with Gasteiger partial charge in [-0.15, -0.1) is 11.8 Å². The number of anilines is 1. The predicted octanol–water partition coefficient (Wildman–Crippen LogP) is 5.32. The van der Waals surface area contributed by atoms with Crippen LogP contribution in [0.5, 0.6) is 5.75 Å². The van der Waals surface area contributed by atoms with Crippen molar-refractivity contribution in [2.45, 2.75) is 12.0 Å². The minimum atomic E-state index is -0.747. The Bertz CT molecular complexity index is 980. The van der Waals surface area contributed by atoms with E-state index in [9.17, 15) is 13.6 Å². The van der Waals surface area contributed by atoms with Crippen LogP contribution >= 0.6 is 11.8 Å². The van der Waals surface area contributed by atoms with E-state index in [1.807, 2.05) is 54.6 Å².